The Balaban J connectivity index is 1.24. The van der Waals surface area contributed by atoms with E-state index in [1.54, 1.807) is 0 Å². The van der Waals surface area contributed by atoms with E-state index in [4.69, 9.17) is 4.74 Å². The molecule has 3 aromatic rings. The first kappa shape index (κ1) is 25.4. The van der Waals surface area contributed by atoms with Gasteiger partial charge in [0.05, 0.1) is 5.92 Å². The molecule has 1 aliphatic carbocycles. The topological polar surface area (TPSA) is 26.3 Å². The van der Waals surface area contributed by atoms with Crippen molar-refractivity contribution in [2.75, 3.05) is 0 Å². The number of allylic oxidation sites excluding steroid dienone is 1. The maximum Gasteiger partial charge on any atom is 0.315 e. The molecule has 192 valence electrons. The summed E-state index contributed by atoms with van der Waals surface area (Å²) in [6.45, 7) is 5.95. The summed E-state index contributed by atoms with van der Waals surface area (Å²) in [6, 6.07) is 20.8. The van der Waals surface area contributed by atoms with Crippen molar-refractivity contribution >= 4 is 5.97 Å². The summed E-state index contributed by atoms with van der Waals surface area (Å²) in [5.41, 5.74) is 6.11. The summed E-state index contributed by atoms with van der Waals surface area (Å²) in [4.78, 5) is 13.1. The van der Waals surface area contributed by atoms with E-state index in [1.807, 2.05) is 42.5 Å². The van der Waals surface area contributed by atoms with Crippen LogP contribution in [0.25, 0.3) is 11.1 Å². The monoisotopic (exact) mass is 496 g/mol. The summed E-state index contributed by atoms with van der Waals surface area (Å²) in [5, 5.41) is 0. The molecule has 0 saturated heterocycles. The van der Waals surface area contributed by atoms with Gasteiger partial charge in [-0.15, -0.1) is 6.58 Å². The van der Waals surface area contributed by atoms with E-state index in [0.717, 1.165) is 62.5 Å². The van der Waals surface area contributed by atoms with Gasteiger partial charge >= 0.3 is 5.97 Å². The molecule has 1 unspecified atom stereocenters. The highest BCUT2D eigenvalue weighted by Crippen LogP contribution is 2.44. The van der Waals surface area contributed by atoms with Crippen molar-refractivity contribution in [3.63, 3.8) is 0 Å². The van der Waals surface area contributed by atoms with Gasteiger partial charge in [-0.3, -0.25) is 4.79 Å². The Kier molecular flexibility index (Phi) is 7.88. The molecule has 3 aromatic carbocycles. The molecule has 0 amide bonds. The molecular formula is C34H37FO2. The molecule has 0 aromatic heterocycles. The predicted octanol–water partition coefficient (Wildman–Crippen LogP) is 8.62. The van der Waals surface area contributed by atoms with Gasteiger partial charge in [-0.05, 0) is 91.0 Å². The quantitative estimate of drug-likeness (QED) is 0.177. The second kappa shape index (κ2) is 11.5. The van der Waals surface area contributed by atoms with E-state index in [1.165, 1.54) is 16.7 Å². The van der Waals surface area contributed by atoms with Crippen LogP contribution < -0.4 is 4.74 Å². The van der Waals surface area contributed by atoms with Crippen LogP contribution in [-0.4, -0.2) is 5.97 Å². The standard InChI is InChI=1S/C34H37FO2/c1-3-5-7-24-8-12-25(13-9-24)26-16-18-28(19-17-26)31-22-29-20-21-30(32(35)33(29)37-34(31)36)27-14-10-23(6-4-2)11-15-27/h3,8-15,20-21,26,28,31H,1,4-7,16-19,22H2,2H3. The summed E-state index contributed by atoms with van der Waals surface area (Å²) in [6.07, 6.45) is 10.8. The van der Waals surface area contributed by atoms with Gasteiger partial charge in [0, 0.05) is 5.56 Å². The fourth-order valence-corrected chi connectivity index (χ4v) is 6.17. The molecule has 2 nitrogen and oxygen atoms in total. The predicted molar refractivity (Wildman–Crippen MR) is 148 cm³/mol. The van der Waals surface area contributed by atoms with Gasteiger partial charge in [-0.25, -0.2) is 4.39 Å². The van der Waals surface area contributed by atoms with Gasteiger partial charge in [0.15, 0.2) is 11.6 Å². The molecule has 1 aliphatic heterocycles. The minimum Gasteiger partial charge on any atom is -0.423 e. The van der Waals surface area contributed by atoms with Crippen LogP contribution in [0.1, 0.15) is 73.6 Å². The molecule has 1 atom stereocenters. The molecule has 2 aliphatic rings. The average molecular weight is 497 g/mol. The van der Waals surface area contributed by atoms with Crippen molar-refractivity contribution < 1.29 is 13.9 Å². The summed E-state index contributed by atoms with van der Waals surface area (Å²) in [7, 11) is 0. The van der Waals surface area contributed by atoms with Crippen LogP contribution in [0.3, 0.4) is 0 Å². The number of hydrogen-bond acceptors (Lipinski definition) is 2. The van der Waals surface area contributed by atoms with Gasteiger partial charge in [-0.1, -0.05) is 80.1 Å². The Morgan fingerprint density at radius 1 is 0.919 bits per heavy atom. The molecule has 1 fully saturated rings. The number of hydrogen-bond donors (Lipinski definition) is 0. The van der Waals surface area contributed by atoms with Crippen molar-refractivity contribution in [2.45, 2.75) is 70.6 Å². The summed E-state index contributed by atoms with van der Waals surface area (Å²) < 4.78 is 21.2. The van der Waals surface area contributed by atoms with Crippen LogP contribution in [0.2, 0.25) is 0 Å². The maximum atomic E-state index is 15.5. The van der Waals surface area contributed by atoms with Crippen molar-refractivity contribution in [3.8, 4) is 16.9 Å². The molecule has 0 spiro atoms. The highest BCUT2D eigenvalue weighted by atomic mass is 19.1. The number of aryl methyl sites for hydroxylation is 2. The largest absolute Gasteiger partial charge is 0.423 e. The van der Waals surface area contributed by atoms with Gasteiger partial charge in [-0.2, -0.15) is 0 Å². The van der Waals surface area contributed by atoms with Crippen LogP contribution in [0.5, 0.6) is 5.75 Å². The normalized spacial score (nSPS) is 21.2. The van der Waals surface area contributed by atoms with Crippen LogP contribution >= 0.6 is 0 Å². The Labute approximate surface area is 220 Å². The van der Waals surface area contributed by atoms with Crippen LogP contribution in [0.15, 0.2) is 73.3 Å². The van der Waals surface area contributed by atoms with Gasteiger partial charge in [0.1, 0.15) is 0 Å². The first-order chi connectivity index (χ1) is 18.1. The third-order valence-corrected chi connectivity index (χ3v) is 8.36. The molecule has 0 radical (unpaired) electrons. The fraction of sp³-hybridized carbons (Fsp3) is 0.382. The maximum absolute atomic E-state index is 15.5. The highest BCUT2D eigenvalue weighted by Gasteiger charge is 2.38. The van der Waals surface area contributed by atoms with Crippen molar-refractivity contribution in [1.29, 1.82) is 0 Å². The van der Waals surface area contributed by atoms with Crippen molar-refractivity contribution in [1.82, 2.24) is 0 Å². The lowest BCUT2D eigenvalue weighted by atomic mass is 9.71. The van der Waals surface area contributed by atoms with E-state index in [0.29, 0.717) is 17.9 Å². The first-order valence-corrected chi connectivity index (χ1v) is 13.9. The molecule has 3 heteroatoms. The molecule has 5 rings (SSSR count). The van der Waals surface area contributed by atoms with Gasteiger partial charge in [0.25, 0.3) is 0 Å². The number of carbonyl (C=O) groups is 1. The number of benzene rings is 3. The number of fused-ring (bicyclic) bond motifs is 1. The minimum absolute atomic E-state index is 0.126. The zero-order chi connectivity index (χ0) is 25.8. The third-order valence-electron chi connectivity index (χ3n) is 8.36. The Hall–Kier alpha value is -3.20. The van der Waals surface area contributed by atoms with Gasteiger partial charge < -0.3 is 4.74 Å². The molecule has 1 saturated carbocycles. The van der Waals surface area contributed by atoms with E-state index < -0.39 is 5.82 Å². The Bertz CT molecular complexity index is 1230. The van der Waals surface area contributed by atoms with Crippen LogP contribution in [0.4, 0.5) is 4.39 Å². The third kappa shape index (κ3) is 5.56. The SMILES string of the molecule is C=CCCc1ccc(C2CCC(C3Cc4ccc(-c5ccc(CCC)cc5)c(F)c4OC3=O)CC2)cc1. The zero-order valence-electron chi connectivity index (χ0n) is 21.8. The van der Waals surface area contributed by atoms with Crippen LogP contribution in [0, 0.1) is 17.7 Å². The first-order valence-electron chi connectivity index (χ1n) is 13.9. The highest BCUT2D eigenvalue weighted by molar-refractivity contribution is 5.80. The van der Waals surface area contributed by atoms with E-state index >= 15 is 4.39 Å². The number of halogens is 1. The van der Waals surface area contributed by atoms with Crippen molar-refractivity contribution in [2.24, 2.45) is 11.8 Å². The lowest BCUT2D eigenvalue weighted by Crippen LogP contribution is -2.35. The van der Waals surface area contributed by atoms with Gasteiger partial charge in [0.2, 0.25) is 0 Å². The lowest BCUT2D eigenvalue weighted by Gasteiger charge is -2.35. The zero-order valence-corrected chi connectivity index (χ0v) is 21.8. The van der Waals surface area contributed by atoms with E-state index in [2.05, 4.69) is 37.8 Å². The van der Waals surface area contributed by atoms with E-state index in [9.17, 15) is 4.79 Å². The summed E-state index contributed by atoms with van der Waals surface area (Å²) >= 11 is 0. The minimum atomic E-state index is -0.423. The fourth-order valence-electron chi connectivity index (χ4n) is 6.17. The molecule has 0 bridgehead atoms. The number of carbonyl (C=O) groups excluding carboxylic acids is 1. The second-order valence-corrected chi connectivity index (χ2v) is 10.8. The Morgan fingerprint density at radius 3 is 2.27 bits per heavy atom. The molecule has 0 N–H and O–H groups in total. The number of ether oxygens (including phenoxy) is 1. The number of rotatable bonds is 8. The van der Waals surface area contributed by atoms with Crippen molar-refractivity contribution in [3.05, 3.63) is 101 Å². The average Bonchev–Trinajstić information content (AvgIpc) is 2.93. The molecule has 37 heavy (non-hydrogen) atoms. The summed E-state index contributed by atoms with van der Waals surface area (Å²) in [5.74, 6) is 0.0810. The lowest BCUT2D eigenvalue weighted by molar-refractivity contribution is -0.143. The second-order valence-electron chi connectivity index (χ2n) is 10.8. The molecular weight excluding hydrogens is 459 g/mol. The number of esters is 1. The molecule has 1 heterocycles. The van der Waals surface area contributed by atoms with Crippen LogP contribution in [-0.2, 0) is 24.1 Å². The van der Waals surface area contributed by atoms with E-state index in [-0.39, 0.29) is 23.6 Å². The Morgan fingerprint density at radius 2 is 1.59 bits per heavy atom. The smallest absolute Gasteiger partial charge is 0.315 e.